The fourth-order valence-electron chi connectivity index (χ4n) is 1.97. The number of hydrogen-bond donors (Lipinski definition) is 1. The summed E-state index contributed by atoms with van der Waals surface area (Å²) in [4.78, 5) is 0. The number of rotatable bonds is 4. The zero-order valence-corrected chi connectivity index (χ0v) is 10.9. The highest BCUT2D eigenvalue weighted by molar-refractivity contribution is 5.26. The van der Waals surface area contributed by atoms with Crippen molar-refractivity contribution in [1.29, 1.82) is 0 Å². The third-order valence-corrected chi connectivity index (χ3v) is 3.09. The van der Waals surface area contributed by atoms with Gasteiger partial charge in [0, 0.05) is 13.2 Å². The van der Waals surface area contributed by atoms with E-state index in [0.717, 1.165) is 17.7 Å². The highest BCUT2D eigenvalue weighted by Crippen LogP contribution is 2.30. The second-order valence-electron chi connectivity index (χ2n) is 4.70. The number of benzene rings is 1. The number of aromatic nitrogens is 2. The highest BCUT2D eigenvalue weighted by Gasteiger charge is 2.30. The lowest BCUT2D eigenvalue weighted by Gasteiger charge is -2.12. The van der Waals surface area contributed by atoms with Crippen LogP contribution in [-0.4, -0.2) is 14.9 Å². The minimum Gasteiger partial charge on any atom is -0.388 e. The molecule has 0 fully saturated rings. The third kappa shape index (κ3) is 3.60. The number of halogens is 3. The van der Waals surface area contributed by atoms with Crippen LogP contribution in [0.4, 0.5) is 13.2 Å². The van der Waals surface area contributed by atoms with Gasteiger partial charge in [-0.25, -0.2) is 0 Å². The molecule has 0 saturated carbocycles. The van der Waals surface area contributed by atoms with Gasteiger partial charge in [0.15, 0.2) is 0 Å². The second kappa shape index (κ2) is 5.66. The zero-order chi connectivity index (χ0) is 14.8. The average molecular weight is 284 g/mol. The van der Waals surface area contributed by atoms with Crippen LogP contribution >= 0.6 is 0 Å². The Morgan fingerprint density at radius 3 is 2.40 bits per heavy atom. The van der Waals surface area contributed by atoms with Gasteiger partial charge in [-0.2, -0.15) is 18.3 Å². The summed E-state index contributed by atoms with van der Waals surface area (Å²) in [6.45, 7) is 0. The van der Waals surface area contributed by atoms with E-state index in [4.69, 9.17) is 0 Å². The summed E-state index contributed by atoms with van der Waals surface area (Å²) >= 11 is 0. The molecule has 0 aliphatic rings. The minimum atomic E-state index is -4.35. The molecule has 0 amide bonds. The Labute approximate surface area is 114 Å². The van der Waals surface area contributed by atoms with Crippen LogP contribution in [0.3, 0.4) is 0 Å². The minimum absolute atomic E-state index is 0.442. The van der Waals surface area contributed by atoms with Gasteiger partial charge in [0.05, 0.1) is 17.9 Å². The van der Waals surface area contributed by atoms with E-state index < -0.39 is 17.8 Å². The van der Waals surface area contributed by atoms with E-state index in [1.165, 1.54) is 12.1 Å². The summed E-state index contributed by atoms with van der Waals surface area (Å²) in [7, 11) is 1.80. The third-order valence-electron chi connectivity index (χ3n) is 3.09. The van der Waals surface area contributed by atoms with E-state index in [1.807, 2.05) is 6.20 Å². The van der Waals surface area contributed by atoms with Crippen LogP contribution in [0, 0.1) is 0 Å². The largest absolute Gasteiger partial charge is 0.416 e. The van der Waals surface area contributed by atoms with Crippen LogP contribution < -0.4 is 0 Å². The van der Waals surface area contributed by atoms with E-state index in [-0.39, 0.29) is 0 Å². The molecule has 0 radical (unpaired) electrons. The van der Waals surface area contributed by atoms with Crippen LogP contribution in [0.25, 0.3) is 0 Å². The number of alkyl halides is 3. The molecule has 1 unspecified atom stereocenters. The van der Waals surface area contributed by atoms with Crippen molar-refractivity contribution in [3.05, 3.63) is 53.3 Å². The van der Waals surface area contributed by atoms with Gasteiger partial charge in [-0.1, -0.05) is 12.1 Å². The molecule has 1 heterocycles. The highest BCUT2D eigenvalue weighted by atomic mass is 19.4. The van der Waals surface area contributed by atoms with E-state index in [1.54, 1.807) is 17.9 Å². The second-order valence-corrected chi connectivity index (χ2v) is 4.70. The van der Waals surface area contributed by atoms with Gasteiger partial charge in [-0.05, 0) is 36.1 Å². The molecule has 0 aliphatic heterocycles. The maximum atomic E-state index is 12.4. The van der Waals surface area contributed by atoms with Crippen LogP contribution in [0.1, 0.15) is 29.2 Å². The van der Waals surface area contributed by atoms with Crippen molar-refractivity contribution in [2.45, 2.75) is 25.1 Å². The lowest BCUT2D eigenvalue weighted by molar-refractivity contribution is -0.137. The van der Waals surface area contributed by atoms with Crippen LogP contribution in [0.15, 0.2) is 36.7 Å². The van der Waals surface area contributed by atoms with E-state index in [0.29, 0.717) is 18.4 Å². The molecule has 2 aromatic rings. The summed E-state index contributed by atoms with van der Waals surface area (Å²) in [5, 5.41) is 14.0. The molecule has 1 aromatic heterocycles. The SMILES string of the molecule is Cn1cc(CCC(O)c2ccc(C(F)(F)F)cc2)cn1. The van der Waals surface area contributed by atoms with Crippen molar-refractivity contribution in [1.82, 2.24) is 9.78 Å². The lowest BCUT2D eigenvalue weighted by atomic mass is 10.0. The Morgan fingerprint density at radius 1 is 1.25 bits per heavy atom. The summed E-state index contributed by atoms with van der Waals surface area (Å²) in [6, 6.07) is 4.61. The van der Waals surface area contributed by atoms with E-state index in [9.17, 15) is 18.3 Å². The molecule has 0 bridgehead atoms. The van der Waals surface area contributed by atoms with Gasteiger partial charge in [0.1, 0.15) is 0 Å². The summed E-state index contributed by atoms with van der Waals surface area (Å²) in [5.41, 5.74) is 0.765. The number of nitrogens with zero attached hydrogens (tertiary/aromatic N) is 2. The molecule has 1 N–H and O–H groups in total. The van der Waals surface area contributed by atoms with E-state index >= 15 is 0 Å². The molecule has 0 spiro atoms. The first-order chi connectivity index (χ1) is 9.36. The predicted molar refractivity (Wildman–Crippen MR) is 67.9 cm³/mol. The quantitative estimate of drug-likeness (QED) is 0.936. The molecular formula is C14H15F3N2O. The van der Waals surface area contributed by atoms with Crippen molar-refractivity contribution in [2.75, 3.05) is 0 Å². The van der Waals surface area contributed by atoms with Crippen molar-refractivity contribution in [3.63, 3.8) is 0 Å². The molecule has 20 heavy (non-hydrogen) atoms. The first kappa shape index (κ1) is 14.6. The van der Waals surface area contributed by atoms with Gasteiger partial charge in [0.2, 0.25) is 0 Å². The van der Waals surface area contributed by atoms with Gasteiger partial charge >= 0.3 is 6.18 Å². The Balaban J connectivity index is 1.97. The monoisotopic (exact) mass is 284 g/mol. The Kier molecular flexibility index (Phi) is 4.13. The maximum Gasteiger partial charge on any atom is 0.416 e. The standard InChI is InChI=1S/C14H15F3N2O/c1-19-9-10(8-18-19)2-7-13(20)11-3-5-12(6-4-11)14(15,16)17/h3-6,8-9,13,20H,2,7H2,1H3. The van der Waals surface area contributed by atoms with Crippen LogP contribution in [0.5, 0.6) is 0 Å². The number of aliphatic hydroxyl groups excluding tert-OH is 1. The van der Waals surface area contributed by atoms with Crippen molar-refractivity contribution >= 4 is 0 Å². The molecule has 0 saturated heterocycles. The molecule has 108 valence electrons. The lowest BCUT2D eigenvalue weighted by Crippen LogP contribution is -2.06. The first-order valence-corrected chi connectivity index (χ1v) is 6.19. The average Bonchev–Trinajstić information content (AvgIpc) is 2.81. The Morgan fingerprint density at radius 2 is 1.90 bits per heavy atom. The molecule has 2 rings (SSSR count). The predicted octanol–water partition coefficient (Wildman–Crippen LogP) is 3.11. The van der Waals surface area contributed by atoms with Crippen molar-refractivity contribution < 1.29 is 18.3 Å². The molecule has 1 atom stereocenters. The van der Waals surface area contributed by atoms with Crippen LogP contribution in [-0.2, 0) is 19.6 Å². The Hall–Kier alpha value is -1.82. The number of aryl methyl sites for hydroxylation is 2. The molecule has 0 aliphatic carbocycles. The number of hydrogen-bond acceptors (Lipinski definition) is 2. The van der Waals surface area contributed by atoms with Crippen LogP contribution in [0.2, 0.25) is 0 Å². The number of aliphatic hydroxyl groups is 1. The first-order valence-electron chi connectivity index (χ1n) is 6.19. The molecule has 6 heteroatoms. The van der Waals surface area contributed by atoms with Gasteiger partial charge in [-0.15, -0.1) is 0 Å². The van der Waals surface area contributed by atoms with Crippen molar-refractivity contribution in [3.8, 4) is 0 Å². The van der Waals surface area contributed by atoms with Gasteiger partial charge in [-0.3, -0.25) is 4.68 Å². The summed E-state index contributed by atoms with van der Waals surface area (Å²) < 4.78 is 38.9. The van der Waals surface area contributed by atoms with Gasteiger partial charge < -0.3 is 5.11 Å². The topological polar surface area (TPSA) is 38.0 Å². The fourth-order valence-corrected chi connectivity index (χ4v) is 1.97. The molecule has 3 nitrogen and oxygen atoms in total. The molecule has 1 aromatic carbocycles. The zero-order valence-electron chi connectivity index (χ0n) is 10.9. The smallest absolute Gasteiger partial charge is 0.388 e. The normalized spacial score (nSPS) is 13.4. The van der Waals surface area contributed by atoms with Gasteiger partial charge in [0.25, 0.3) is 0 Å². The summed E-state index contributed by atoms with van der Waals surface area (Å²) in [5.74, 6) is 0. The molecular weight excluding hydrogens is 269 g/mol. The van der Waals surface area contributed by atoms with E-state index in [2.05, 4.69) is 5.10 Å². The maximum absolute atomic E-state index is 12.4. The Bertz CT molecular complexity index is 561. The fraction of sp³-hybridized carbons (Fsp3) is 0.357. The summed E-state index contributed by atoms with van der Waals surface area (Å²) in [6.07, 6.45) is -0.511. The van der Waals surface area contributed by atoms with Crippen molar-refractivity contribution in [2.24, 2.45) is 7.05 Å².